The van der Waals surface area contributed by atoms with Gasteiger partial charge in [-0.15, -0.1) is 0 Å². The molecular weight excluding hydrogens is 494 g/mol. The second kappa shape index (κ2) is 10.9. The van der Waals surface area contributed by atoms with Gasteiger partial charge in [-0.25, -0.2) is 0 Å². The Bertz CT molecular complexity index is 1180. The molecule has 1 aliphatic carbocycles. The highest BCUT2D eigenvalue weighted by atomic mass is 79.9. The molecule has 0 unspecified atom stereocenters. The Hall–Kier alpha value is -3.07. The van der Waals surface area contributed by atoms with Crippen molar-refractivity contribution in [2.24, 2.45) is 5.92 Å². The van der Waals surface area contributed by atoms with E-state index in [1.165, 1.54) is 0 Å². The maximum atomic E-state index is 12.4. The molecule has 0 saturated heterocycles. The summed E-state index contributed by atoms with van der Waals surface area (Å²) in [5.41, 5.74) is 11.5. The van der Waals surface area contributed by atoms with Crippen LogP contribution in [0, 0.1) is 12.8 Å². The van der Waals surface area contributed by atoms with Crippen LogP contribution in [0.1, 0.15) is 62.8 Å². The van der Waals surface area contributed by atoms with Crippen molar-refractivity contribution >= 4 is 27.5 Å². The molecule has 0 radical (unpaired) electrons. The summed E-state index contributed by atoms with van der Waals surface area (Å²) in [6, 6.07) is 3.96. The van der Waals surface area contributed by atoms with Crippen molar-refractivity contribution < 1.29 is 4.79 Å². The Balaban J connectivity index is 1.68. The zero-order valence-electron chi connectivity index (χ0n) is 19.5. The number of anilines is 1. The van der Waals surface area contributed by atoms with Crippen molar-refractivity contribution in [3.63, 3.8) is 0 Å². The van der Waals surface area contributed by atoms with Gasteiger partial charge >= 0.3 is 0 Å². The normalized spacial score (nSPS) is 17.9. The van der Waals surface area contributed by atoms with Crippen LogP contribution >= 0.6 is 15.9 Å². The van der Waals surface area contributed by atoms with Gasteiger partial charge in [-0.3, -0.25) is 25.0 Å². The summed E-state index contributed by atoms with van der Waals surface area (Å²) in [6.07, 6.45) is 12.3. The average molecular weight is 524 g/mol. The monoisotopic (exact) mass is 523 g/mol. The lowest BCUT2D eigenvalue weighted by atomic mass is 9.78. The minimum absolute atomic E-state index is 0.168. The Morgan fingerprint density at radius 3 is 2.56 bits per heavy atom. The largest absolute Gasteiger partial charge is 0.383 e. The van der Waals surface area contributed by atoms with E-state index in [2.05, 4.69) is 48.2 Å². The van der Waals surface area contributed by atoms with Crippen LogP contribution in [0.4, 0.5) is 5.82 Å². The molecule has 9 heteroatoms. The number of hydrogen-bond donors (Lipinski definition) is 3. The van der Waals surface area contributed by atoms with E-state index in [1.807, 2.05) is 31.5 Å². The van der Waals surface area contributed by atoms with Crippen LogP contribution in [0.15, 0.2) is 41.4 Å². The van der Waals surface area contributed by atoms with E-state index in [0.717, 1.165) is 70.3 Å². The first-order valence-electron chi connectivity index (χ1n) is 11.7. The lowest BCUT2D eigenvalue weighted by Gasteiger charge is -2.27. The van der Waals surface area contributed by atoms with Crippen molar-refractivity contribution in [2.75, 3.05) is 5.73 Å². The molecule has 0 bridgehead atoms. The Morgan fingerprint density at radius 1 is 1.12 bits per heavy atom. The second-order valence-electron chi connectivity index (χ2n) is 8.78. The van der Waals surface area contributed by atoms with Crippen LogP contribution in [0.3, 0.4) is 0 Å². The fourth-order valence-electron chi connectivity index (χ4n) is 4.55. The van der Waals surface area contributed by atoms with Crippen LogP contribution in [0.5, 0.6) is 0 Å². The van der Waals surface area contributed by atoms with Gasteiger partial charge in [-0.05, 0) is 61.0 Å². The molecule has 1 saturated carbocycles. The number of carbonyl (C=O) groups is 1. The number of pyridine rings is 1. The lowest BCUT2D eigenvalue weighted by Crippen LogP contribution is -2.21. The number of ketones is 1. The molecule has 1 fully saturated rings. The van der Waals surface area contributed by atoms with Crippen molar-refractivity contribution in [1.29, 1.82) is 0 Å². The summed E-state index contributed by atoms with van der Waals surface area (Å²) >= 11 is 3.66. The molecule has 3 aromatic heterocycles. The van der Waals surface area contributed by atoms with E-state index in [4.69, 9.17) is 10.7 Å². The summed E-state index contributed by atoms with van der Waals surface area (Å²) in [6.45, 7) is 4.03. The number of aryl methyl sites for hydroxylation is 1. The number of aromatic nitrogens is 6. The first-order valence-corrected chi connectivity index (χ1v) is 12.5. The fourth-order valence-corrected chi connectivity index (χ4v) is 5.05. The Labute approximate surface area is 207 Å². The number of hydrogen-bond acceptors (Lipinski definition) is 6. The summed E-state index contributed by atoms with van der Waals surface area (Å²) in [4.78, 5) is 22.0. The number of nitrogen functional groups attached to an aromatic ring is 1. The molecule has 0 aromatic carbocycles. The maximum absolute atomic E-state index is 12.4. The second-order valence-corrected chi connectivity index (χ2v) is 9.57. The van der Waals surface area contributed by atoms with Gasteiger partial charge in [0.05, 0.1) is 28.3 Å². The van der Waals surface area contributed by atoms with E-state index in [0.29, 0.717) is 18.0 Å². The van der Waals surface area contributed by atoms with Gasteiger partial charge in [0.25, 0.3) is 0 Å². The molecule has 178 valence electrons. The minimum atomic E-state index is 0.168. The van der Waals surface area contributed by atoms with Crippen LogP contribution in [-0.4, -0.2) is 36.1 Å². The summed E-state index contributed by atoms with van der Waals surface area (Å²) < 4.78 is 0.724. The highest BCUT2D eigenvalue weighted by Crippen LogP contribution is 2.39. The molecule has 4 N–H and O–H groups in total. The minimum Gasteiger partial charge on any atom is -0.383 e. The molecular formula is C25H30BrN7O. The van der Waals surface area contributed by atoms with Gasteiger partial charge in [0.2, 0.25) is 0 Å². The SMILES string of the molecule is CCCC(=O)C1CCC(c2nc(C)c(-c3ccc(-c4cn[nH]c4)nc3)cn[nH]c(N)c2Br)CC1. The summed E-state index contributed by atoms with van der Waals surface area (Å²) in [5, 5.41) is 14.0. The van der Waals surface area contributed by atoms with E-state index >= 15 is 0 Å². The van der Waals surface area contributed by atoms with Crippen LogP contribution < -0.4 is 5.73 Å². The number of nitrogens with zero attached hydrogens (tertiary/aromatic N) is 4. The quantitative estimate of drug-likeness (QED) is 0.381. The highest BCUT2D eigenvalue weighted by Gasteiger charge is 2.28. The van der Waals surface area contributed by atoms with Crippen molar-refractivity contribution in [1.82, 2.24) is 30.4 Å². The third kappa shape index (κ3) is 5.35. The van der Waals surface area contributed by atoms with E-state index < -0.39 is 0 Å². The molecule has 4 rings (SSSR count). The van der Waals surface area contributed by atoms with E-state index in [1.54, 1.807) is 12.4 Å². The zero-order chi connectivity index (χ0) is 24.1. The lowest BCUT2D eigenvalue weighted by molar-refractivity contribution is -0.123. The average Bonchev–Trinajstić information content (AvgIpc) is 3.40. The molecule has 0 spiro atoms. The predicted octanol–water partition coefficient (Wildman–Crippen LogP) is 5.68. The summed E-state index contributed by atoms with van der Waals surface area (Å²) in [7, 11) is 0. The van der Waals surface area contributed by atoms with E-state index in [9.17, 15) is 4.79 Å². The zero-order valence-corrected chi connectivity index (χ0v) is 21.1. The standard InChI is InChI=1S/C25H30BrN7O/c1-3-4-22(34)16-5-7-17(8-6-16)24-23(26)25(27)33-31-14-20(15(2)32-24)18-9-10-21(28-11-18)19-12-29-30-13-19/h9-14,16-17,33H,3-8,27H2,1-2H3,(H,29,30). The van der Waals surface area contributed by atoms with Crippen LogP contribution in [0.2, 0.25) is 0 Å². The topological polar surface area (TPSA) is 126 Å². The third-order valence-corrected chi connectivity index (χ3v) is 7.29. The van der Waals surface area contributed by atoms with Gasteiger partial charge in [-0.2, -0.15) is 10.2 Å². The van der Waals surface area contributed by atoms with Crippen molar-refractivity contribution in [3.8, 4) is 22.4 Å². The van der Waals surface area contributed by atoms with Crippen LogP contribution in [0.25, 0.3) is 22.4 Å². The first-order chi connectivity index (χ1) is 16.5. The number of Topliss-reactive ketones (excluding diaryl/α,β-unsaturated/α-hetero) is 1. The maximum Gasteiger partial charge on any atom is 0.135 e. The number of H-pyrrole nitrogens is 2. The van der Waals surface area contributed by atoms with Gasteiger partial charge < -0.3 is 5.73 Å². The fraction of sp³-hybridized carbons (Fsp3) is 0.400. The van der Waals surface area contributed by atoms with Gasteiger partial charge in [0.15, 0.2) is 0 Å². The molecule has 0 atom stereocenters. The Kier molecular flexibility index (Phi) is 7.72. The molecule has 3 heterocycles. The number of aromatic amines is 2. The molecule has 8 nitrogen and oxygen atoms in total. The van der Waals surface area contributed by atoms with Crippen molar-refractivity contribution in [2.45, 2.75) is 58.3 Å². The smallest absolute Gasteiger partial charge is 0.135 e. The molecule has 0 aliphatic heterocycles. The van der Waals surface area contributed by atoms with Gasteiger partial charge in [0, 0.05) is 53.0 Å². The number of halogens is 1. The molecule has 1 aliphatic rings. The third-order valence-electron chi connectivity index (χ3n) is 6.45. The number of nitrogens with two attached hydrogens (primary N) is 1. The predicted molar refractivity (Wildman–Crippen MR) is 136 cm³/mol. The number of rotatable bonds is 6. The number of carbonyl (C=O) groups excluding carboxylic acids is 1. The van der Waals surface area contributed by atoms with Crippen molar-refractivity contribution in [3.05, 3.63) is 52.8 Å². The number of nitrogens with one attached hydrogen (secondary N) is 2. The summed E-state index contributed by atoms with van der Waals surface area (Å²) in [5.74, 6) is 1.20. The molecule has 3 aromatic rings. The Morgan fingerprint density at radius 2 is 1.91 bits per heavy atom. The molecule has 0 amide bonds. The van der Waals surface area contributed by atoms with Crippen LogP contribution in [-0.2, 0) is 4.79 Å². The first kappa shape index (κ1) is 24.1. The molecule has 34 heavy (non-hydrogen) atoms. The highest BCUT2D eigenvalue weighted by molar-refractivity contribution is 9.10. The van der Waals surface area contributed by atoms with Gasteiger partial charge in [-0.1, -0.05) is 13.0 Å². The van der Waals surface area contributed by atoms with Gasteiger partial charge in [0.1, 0.15) is 11.6 Å². The van der Waals surface area contributed by atoms with E-state index in [-0.39, 0.29) is 11.8 Å².